The van der Waals surface area contributed by atoms with Gasteiger partial charge >= 0.3 is 0 Å². The lowest BCUT2D eigenvalue weighted by molar-refractivity contribution is -0.136. The van der Waals surface area contributed by atoms with Crippen molar-refractivity contribution in [2.45, 2.75) is 51.2 Å². The van der Waals surface area contributed by atoms with E-state index in [1.807, 2.05) is 4.90 Å². The first-order valence-electron chi connectivity index (χ1n) is 10.1. The molecule has 1 spiro atoms. The quantitative estimate of drug-likeness (QED) is 0.719. The van der Waals surface area contributed by atoms with Crippen LogP contribution in [0.5, 0.6) is 0 Å². The van der Waals surface area contributed by atoms with E-state index in [2.05, 4.69) is 28.7 Å². The molecule has 0 N–H and O–H groups in total. The van der Waals surface area contributed by atoms with Gasteiger partial charge in [-0.25, -0.2) is 9.97 Å². The molecule has 2 fully saturated rings. The van der Waals surface area contributed by atoms with Crippen LogP contribution in [0.4, 0.5) is 0 Å². The lowest BCUT2D eigenvalue weighted by Gasteiger charge is -2.32. The van der Waals surface area contributed by atoms with Gasteiger partial charge in [0.1, 0.15) is 11.9 Å². The molecule has 7 heteroatoms. The Labute approximate surface area is 162 Å². The van der Waals surface area contributed by atoms with Gasteiger partial charge in [0, 0.05) is 31.9 Å². The standard InChI is InChI=1S/C20H32N4O3/c1-3-23(4-2)13-18-7-8-20(27-18)14-24(9-10-26-15-20)19(25)6-5-17-11-21-16-22-12-17/h11-12,16,18H,3-10,13-15H2,1-2H3. The Balaban J connectivity index is 1.56. The summed E-state index contributed by atoms with van der Waals surface area (Å²) in [5, 5.41) is 0. The van der Waals surface area contributed by atoms with Crippen molar-refractivity contribution in [1.29, 1.82) is 0 Å². The topological polar surface area (TPSA) is 67.8 Å². The van der Waals surface area contributed by atoms with Crippen molar-refractivity contribution in [1.82, 2.24) is 19.8 Å². The van der Waals surface area contributed by atoms with Crippen molar-refractivity contribution >= 4 is 5.91 Å². The second-order valence-electron chi connectivity index (χ2n) is 7.56. The summed E-state index contributed by atoms with van der Waals surface area (Å²) in [6.07, 6.45) is 8.38. The van der Waals surface area contributed by atoms with Crippen LogP contribution in [-0.4, -0.2) is 83.3 Å². The molecule has 0 aromatic carbocycles. The van der Waals surface area contributed by atoms with E-state index in [4.69, 9.17) is 9.47 Å². The highest BCUT2D eigenvalue weighted by molar-refractivity contribution is 5.76. The van der Waals surface area contributed by atoms with Gasteiger partial charge in [-0.05, 0) is 37.9 Å². The zero-order chi connectivity index (χ0) is 19.1. The normalized spacial score (nSPS) is 25.9. The maximum atomic E-state index is 12.8. The number of amides is 1. The molecule has 2 aliphatic heterocycles. The van der Waals surface area contributed by atoms with Gasteiger partial charge in [0.15, 0.2) is 0 Å². The molecule has 0 bridgehead atoms. The number of carbonyl (C=O) groups excluding carboxylic acids is 1. The number of ether oxygens (including phenoxy) is 2. The molecule has 2 aliphatic rings. The largest absolute Gasteiger partial charge is 0.377 e. The van der Waals surface area contributed by atoms with Gasteiger partial charge in [-0.1, -0.05) is 13.8 Å². The lowest BCUT2D eigenvalue weighted by Crippen LogP contribution is -2.47. The molecule has 7 nitrogen and oxygen atoms in total. The fourth-order valence-electron chi connectivity index (χ4n) is 4.00. The maximum absolute atomic E-state index is 12.8. The molecule has 0 saturated carbocycles. The molecule has 3 rings (SSSR count). The summed E-state index contributed by atoms with van der Waals surface area (Å²) in [4.78, 5) is 25.1. The van der Waals surface area contributed by atoms with Crippen LogP contribution < -0.4 is 0 Å². The number of aryl methyl sites for hydroxylation is 1. The number of rotatable bonds is 7. The van der Waals surface area contributed by atoms with Gasteiger partial charge in [-0.15, -0.1) is 0 Å². The summed E-state index contributed by atoms with van der Waals surface area (Å²) >= 11 is 0. The highest BCUT2D eigenvalue weighted by Crippen LogP contribution is 2.33. The van der Waals surface area contributed by atoms with Crippen LogP contribution >= 0.6 is 0 Å². The van der Waals surface area contributed by atoms with Crippen molar-refractivity contribution in [2.24, 2.45) is 0 Å². The zero-order valence-corrected chi connectivity index (χ0v) is 16.6. The molecule has 1 amide bonds. The maximum Gasteiger partial charge on any atom is 0.223 e. The van der Waals surface area contributed by atoms with Gasteiger partial charge in [0.25, 0.3) is 0 Å². The van der Waals surface area contributed by atoms with Crippen LogP contribution in [0.15, 0.2) is 18.7 Å². The molecular formula is C20H32N4O3. The fourth-order valence-corrected chi connectivity index (χ4v) is 4.00. The molecule has 1 aromatic heterocycles. The summed E-state index contributed by atoms with van der Waals surface area (Å²) in [5.41, 5.74) is 0.642. The van der Waals surface area contributed by atoms with Crippen molar-refractivity contribution in [3.63, 3.8) is 0 Å². The highest BCUT2D eigenvalue weighted by atomic mass is 16.6. The first-order valence-corrected chi connectivity index (χ1v) is 10.1. The molecule has 2 saturated heterocycles. The SMILES string of the molecule is CCN(CC)CC1CCC2(COCCN(C(=O)CCc3cncnc3)C2)O1. The molecule has 2 atom stereocenters. The average molecular weight is 377 g/mol. The van der Waals surface area contributed by atoms with Gasteiger partial charge in [-0.2, -0.15) is 0 Å². The van der Waals surface area contributed by atoms with Crippen LogP contribution in [-0.2, 0) is 20.7 Å². The van der Waals surface area contributed by atoms with Gasteiger partial charge in [0.05, 0.1) is 25.9 Å². The Morgan fingerprint density at radius 3 is 2.85 bits per heavy atom. The van der Waals surface area contributed by atoms with E-state index in [1.54, 1.807) is 12.4 Å². The van der Waals surface area contributed by atoms with Crippen LogP contribution in [0.25, 0.3) is 0 Å². The molecule has 1 aromatic rings. The first kappa shape index (κ1) is 20.2. The van der Waals surface area contributed by atoms with Gasteiger partial charge in [0.2, 0.25) is 5.91 Å². The summed E-state index contributed by atoms with van der Waals surface area (Å²) in [5.74, 6) is 0.152. The predicted octanol–water partition coefficient (Wildman–Crippen LogP) is 1.53. The van der Waals surface area contributed by atoms with E-state index in [1.165, 1.54) is 6.33 Å². The summed E-state index contributed by atoms with van der Waals surface area (Å²) in [7, 11) is 0. The monoisotopic (exact) mass is 376 g/mol. The number of aromatic nitrogens is 2. The van der Waals surface area contributed by atoms with Crippen LogP contribution in [0, 0.1) is 0 Å². The molecule has 0 aliphatic carbocycles. The van der Waals surface area contributed by atoms with Gasteiger partial charge < -0.3 is 19.3 Å². The Kier molecular flexibility index (Phi) is 7.15. The van der Waals surface area contributed by atoms with E-state index in [9.17, 15) is 4.79 Å². The van der Waals surface area contributed by atoms with E-state index in [0.717, 1.165) is 38.0 Å². The number of nitrogens with zero attached hydrogens (tertiary/aromatic N) is 4. The number of likely N-dealkylation sites (N-methyl/N-ethyl adjacent to an activating group) is 1. The minimum absolute atomic E-state index is 0.152. The predicted molar refractivity (Wildman–Crippen MR) is 102 cm³/mol. The van der Waals surface area contributed by atoms with Crippen molar-refractivity contribution in [2.75, 3.05) is 45.9 Å². The zero-order valence-electron chi connectivity index (χ0n) is 16.6. The Morgan fingerprint density at radius 2 is 2.11 bits per heavy atom. The van der Waals surface area contributed by atoms with Crippen molar-refractivity contribution in [3.05, 3.63) is 24.3 Å². The van der Waals surface area contributed by atoms with Crippen molar-refractivity contribution < 1.29 is 14.3 Å². The third-order valence-electron chi connectivity index (χ3n) is 5.64. The number of carbonyl (C=O) groups is 1. The molecule has 0 radical (unpaired) electrons. The molecular weight excluding hydrogens is 344 g/mol. The number of hydrogen-bond donors (Lipinski definition) is 0. The Morgan fingerprint density at radius 1 is 1.33 bits per heavy atom. The molecule has 150 valence electrons. The molecule has 2 unspecified atom stereocenters. The smallest absolute Gasteiger partial charge is 0.223 e. The van der Waals surface area contributed by atoms with E-state index >= 15 is 0 Å². The van der Waals surface area contributed by atoms with E-state index in [0.29, 0.717) is 39.1 Å². The second-order valence-corrected chi connectivity index (χ2v) is 7.56. The third-order valence-corrected chi connectivity index (χ3v) is 5.64. The van der Waals surface area contributed by atoms with Crippen LogP contribution in [0.1, 0.15) is 38.7 Å². The molecule has 27 heavy (non-hydrogen) atoms. The van der Waals surface area contributed by atoms with Crippen molar-refractivity contribution in [3.8, 4) is 0 Å². The average Bonchev–Trinajstić information content (AvgIpc) is 2.96. The van der Waals surface area contributed by atoms with Crippen LogP contribution in [0.2, 0.25) is 0 Å². The number of hydrogen-bond acceptors (Lipinski definition) is 6. The third kappa shape index (κ3) is 5.46. The fraction of sp³-hybridized carbons (Fsp3) is 0.750. The first-order chi connectivity index (χ1) is 13.1. The minimum atomic E-state index is -0.347. The lowest BCUT2D eigenvalue weighted by atomic mass is 9.99. The Bertz CT molecular complexity index is 596. The highest BCUT2D eigenvalue weighted by Gasteiger charge is 2.44. The second kappa shape index (κ2) is 9.57. The summed E-state index contributed by atoms with van der Waals surface area (Å²) in [6.45, 7) is 9.81. The van der Waals surface area contributed by atoms with Crippen LogP contribution in [0.3, 0.4) is 0 Å². The summed E-state index contributed by atoms with van der Waals surface area (Å²) < 4.78 is 12.3. The van der Waals surface area contributed by atoms with E-state index in [-0.39, 0.29) is 17.6 Å². The summed E-state index contributed by atoms with van der Waals surface area (Å²) in [6, 6.07) is 0. The Hall–Kier alpha value is -1.57. The van der Waals surface area contributed by atoms with Gasteiger partial charge in [-0.3, -0.25) is 4.79 Å². The minimum Gasteiger partial charge on any atom is -0.377 e. The van der Waals surface area contributed by atoms with E-state index < -0.39 is 0 Å². The molecule has 3 heterocycles.